The lowest BCUT2D eigenvalue weighted by atomic mass is 10.1. The summed E-state index contributed by atoms with van der Waals surface area (Å²) in [6.45, 7) is 0.609. The van der Waals surface area contributed by atoms with Gasteiger partial charge >= 0.3 is 0 Å². The van der Waals surface area contributed by atoms with Gasteiger partial charge in [0.15, 0.2) is 5.65 Å². The molecule has 0 saturated heterocycles. The maximum absolute atomic E-state index is 13.2. The zero-order chi connectivity index (χ0) is 22.2. The Labute approximate surface area is 183 Å². The number of carbonyl (C=O) groups is 1. The largest absolute Gasteiger partial charge is 0.481 e. The van der Waals surface area contributed by atoms with Gasteiger partial charge in [0.25, 0.3) is 11.5 Å². The molecule has 0 spiro atoms. The summed E-state index contributed by atoms with van der Waals surface area (Å²) < 4.78 is 11.8. The number of hydrogen-bond donors (Lipinski definition) is 1. The molecule has 1 N–H and O–H groups in total. The van der Waals surface area contributed by atoms with Gasteiger partial charge in [0.2, 0.25) is 11.8 Å². The van der Waals surface area contributed by atoms with Crippen molar-refractivity contribution in [3.8, 4) is 23.0 Å². The van der Waals surface area contributed by atoms with Crippen molar-refractivity contribution in [2.24, 2.45) is 0 Å². The summed E-state index contributed by atoms with van der Waals surface area (Å²) >= 11 is 0. The van der Waals surface area contributed by atoms with Crippen LogP contribution in [0.15, 0.2) is 53.3 Å². The summed E-state index contributed by atoms with van der Waals surface area (Å²) in [5.74, 6) is 0.277. The Balaban J connectivity index is 1.49. The fourth-order valence-electron chi connectivity index (χ4n) is 3.95. The Bertz CT molecular complexity index is 1380. The van der Waals surface area contributed by atoms with E-state index in [1.165, 1.54) is 18.7 Å². The van der Waals surface area contributed by atoms with Crippen LogP contribution in [0.1, 0.15) is 21.6 Å². The first-order valence-electron chi connectivity index (χ1n) is 10.2. The standard InChI is InChI=1S/C23H21N5O4/c1-31-20-9-8-15(21(25-20)32-2)22(29)27-11-10-17-16(13-27)23(30)28-19(24-17)12-18(26-28)14-6-4-3-5-7-14/h3-9,12,26H,10-11,13H2,1-2H3. The highest BCUT2D eigenvalue weighted by Crippen LogP contribution is 2.25. The first-order valence-corrected chi connectivity index (χ1v) is 10.2. The predicted octanol–water partition coefficient (Wildman–Crippen LogP) is 2.30. The average molecular weight is 431 g/mol. The monoisotopic (exact) mass is 431 g/mol. The van der Waals surface area contributed by atoms with Crippen molar-refractivity contribution in [2.45, 2.75) is 13.0 Å². The number of nitrogens with zero attached hydrogens (tertiary/aromatic N) is 4. The molecule has 1 aliphatic heterocycles. The first kappa shape index (κ1) is 19.8. The molecule has 1 amide bonds. The molecule has 0 unspecified atom stereocenters. The van der Waals surface area contributed by atoms with Crippen LogP contribution in [0.4, 0.5) is 0 Å². The van der Waals surface area contributed by atoms with Crippen molar-refractivity contribution in [3.63, 3.8) is 0 Å². The topological polar surface area (TPSA) is 102 Å². The van der Waals surface area contributed by atoms with E-state index in [0.29, 0.717) is 35.6 Å². The van der Waals surface area contributed by atoms with E-state index >= 15 is 0 Å². The highest BCUT2D eigenvalue weighted by atomic mass is 16.5. The molecule has 1 aliphatic rings. The zero-order valence-corrected chi connectivity index (χ0v) is 17.7. The van der Waals surface area contributed by atoms with Gasteiger partial charge < -0.3 is 14.4 Å². The third kappa shape index (κ3) is 3.27. The molecule has 0 fully saturated rings. The summed E-state index contributed by atoms with van der Waals surface area (Å²) in [6.07, 6.45) is 0.491. The van der Waals surface area contributed by atoms with Crippen molar-refractivity contribution in [1.82, 2.24) is 24.5 Å². The summed E-state index contributed by atoms with van der Waals surface area (Å²) in [4.78, 5) is 36.9. The molecule has 0 radical (unpaired) electrons. The van der Waals surface area contributed by atoms with E-state index in [1.807, 2.05) is 36.4 Å². The maximum atomic E-state index is 13.2. The molecule has 162 valence electrons. The lowest BCUT2D eigenvalue weighted by Gasteiger charge is -2.28. The molecule has 0 saturated carbocycles. The summed E-state index contributed by atoms with van der Waals surface area (Å²) in [5.41, 5.74) is 3.67. The molecule has 5 rings (SSSR count). The van der Waals surface area contributed by atoms with Gasteiger partial charge in [0.1, 0.15) is 5.56 Å². The van der Waals surface area contributed by atoms with Gasteiger partial charge in [-0.3, -0.25) is 14.7 Å². The number of carbonyl (C=O) groups excluding carboxylic acids is 1. The van der Waals surface area contributed by atoms with E-state index in [1.54, 1.807) is 17.0 Å². The third-order valence-electron chi connectivity index (χ3n) is 5.60. The van der Waals surface area contributed by atoms with Gasteiger partial charge in [-0.2, -0.15) is 4.98 Å². The summed E-state index contributed by atoms with van der Waals surface area (Å²) in [7, 11) is 2.95. The minimum Gasteiger partial charge on any atom is -0.481 e. The molecule has 0 atom stereocenters. The normalized spacial score (nSPS) is 13.1. The average Bonchev–Trinajstić information content (AvgIpc) is 3.28. The quantitative estimate of drug-likeness (QED) is 0.532. The van der Waals surface area contributed by atoms with E-state index in [4.69, 9.17) is 9.47 Å². The molecule has 4 aromatic rings. The smallest absolute Gasteiger partial charge is 0.277 e. The number of nitrogens with one attached hydrogen (secondary N) is 1. The zero-order valence-electron chi connectivity index (χ0n) is 17.7. The highest BCUT2D eigenvalue weighted by Gasteiger charge is 2.28. The van der Waals surface area contributed by atoms with Gasteiger partial charge in [-0.25, -0.2) is 9.50 Å². The number of rotatable bonds is 4. The van der Waals surface area contributed by atoms with Crippen molar-refractivity contribution in [3.05, 3.63) is 75.7 Å². The van der Waals surface area contributed by atoms with E-state index in [-0.39, 0.29) is 23.9 Å². The van der Waals surface area contributed by atoms with Crippen molar-refractivity contribution >= 4 is 11.6 Å². The second kappa shape index (κ2) is 7.84. The van der Waals surface area contributed by atoms with Crippen LogP contribution in [0.25, 0.3) is 16.9 Å². The third-order valence-corrected chi connectivity index (χ3v) is 5.60. The molecule has 0 bridgehead atoms. The van der Waals surface area contributed by atoms with E-state index < -0.39 is 0 Å². The second-order valence-electron chi connectivity index (χ2n) is 7.46. The first-order chi connectivity index (χ1) is 15.6. The van der Waals surface area contributed by atoms with Gasteiger partial charge in [-0.15, -0.1) is 0 Å². The van der Waals surface area contributed by atoms with Crippen LogP contribution >= 0.6 is 0 Å². The summed E-state index contributed by atoms with van der Waals surface area (Å²) in [5, 5.41) is 3.13. The van der Waals surface area contributed by atoms with Crippen molar-refractivity contribution in [1.29, 1.82) is 0 Å². The van der Waals surface area contributed by atoms with Crippen LogP contribution in [-0.2, 0) is 13.0 Å². The van der Waals surface area contributed by atoms with Crippen LogP contribution < -0.4 is 15.0 Å². The van der Waals surface area contributed by atoms with E-state index in [2.05, 4.69) is 15.1 Å². The minimum atomic E-state index is -0.261. The van der Waals surface area contributed by atoms with E-state index in [9.17, 15) is 9.59 Å². The lowest BCUT2D eigenvalue weighted by Crippen LogP contribution is -2.40. The number of pyridine rings is 1. The molecule has 0 aliphatic carbocycles. The molecular formula is C23H21N5O4. The number of amides is 1. The van der Waals surface area contributed by atoms with Crippen LogP contribution in [0.3, 0.4) is 0 Å². The van der Waals surface area contributed by atoms with Crippen LogP contribution in [0, 0.1) is 0 Å². The van der Waals surface area contributed by atoms with Gasteiger partial charge in [-0.1, -0.05) is 30.3 Å². The number of aromatic nitrogens is 4. The maximum Gasteiger partial charge on any atom is 0.277 e. The van der Waals surface area contributed by atoms with Crippen LogP contribution in [0.2, 0.25) is 0 Å². The lowest BCUT2D eigenvalue weighted by molar-refractivity contribution is 0.0728. The molecule has 3 aromatic heterocycles. The predicted molar refractivity (Wildman–Crippen MR) is 117 cm³/mol. The summed E-state index contributed by atoms with van der Waals surface area (Å²) in [6, 6.07) is 14.8. The molecular weight excluding hydrogens is 410 g/mol. The highest BCUT2D eigenvalue weighted by molar-refractivity contribution is 5.96. The number of fused-ring (bicyclic) bond motifs is 2. The number of ether oxygens (including phenoxy) is 2. The fraction of sp³-hybridized carbons (Fsp3) is 0.217. The number of methoxy groups -OCH3 is 2. The fourth-order valence-corrected chi connectivity index (χ4v) is 3.95. The number of aromatic amines is 1. The van der Waals surface area contributed by atoms with Gasteiger partial charge in [0.05, 0.1) is 37.7 Å². The number of benzene rings is 1. The van der Waals surface area contributed by atoms with Crippen molar-refractivity contribution < 1.29 is 14.3 Å². The SMILES string of the molecule is COc1ccc(C(=O)N2CCc3nc4cc(-c5ccccc5)[nH]n4c(=O)c3C2)c(OC)n1. The Morgan fingerprint density at radius 3 is 2.62 bits per heavy atom. The number of H-pyrrole nitrogens is 1. The van der Waals surface area contributed by atoms with Crippen LogP contribution in [0.5, 0.6) is 11.8 Å². The number of hydrogen-bond acceptors (Lipinski definition) is 6. The van der Waals surface area contributed by atoms with E-state index in [0.717, 1.165) is 17.0 Å². The Morgan fingerprint density at radius 1 is 1.06 bits per heavy atom. The Hall–Kier alpha value is -4.14. The minimum absolute atomic E-state index is 0.164. The molecule has 9 heteroatoms. The van der Waals surface area contributed by atoms with Crippen LogP contribution in [-0.4, -0.2) is 51.2 Å². The van der Waals surface area contributed by atoms with Crippen molar-refractivity contribution in [2.75, 3.05) is 20.8 Å². The van der Waals surface area contributed by atoms with Gasteiger partial charge in [0, 0.05) is 25.1 Å². The van der Waals surface area contributed by atoms with Gasteiger partial charge in [-0.05, 0) is 11.6 Å². The molecule has 1 aromatic carbocycles. The molecule has 32 heavy (non-hydrogen) atoms. The Kier molecular flexibility index (Phi) is 4.85. The second-order valence-corrected chi connectivity index (χ2v) is 7.46. The molecule has 4 heterocycles. The Morgan fingerprint density at radius 2 is 1.88 bits per heavy atom. The molecule has 9 nitrogen and oxygen atoms in total.